The lowest BCUT2D eigenvalue weighted by molar-refractivity contribution is -0.118. The Morgan fingerprint density at radius 2 is 1.90 bits per heavy atom. The van der Waals surface area contributed by atoms with E-state index in [1.54, 1.807) is 22.4 Å². The number of nitrogens with zero attached hydrogens (tertiary/aromatic N) is 4. The first kappa shape index (κ1) is 19.3. The van der Waals surface area contributed by atoms with Crippen LogP contribution >= 0.6 is 11.3 Å². The molecular weight excluding hydrogens is 380 g/mol. The average Bonchev–Trinajstić information content (AvgIpc) is 3.38. The van der Waals surface area contributed by atoms with E-state index in [0.29, 0.717) is 25.4 Å². The van der Waals surface area contributed by atoms with Crippen LogP contribution in [0.5, 0.6) is 0 Å². The molecule has 4 rings (SSSR count). The summed E-state index contributed by atoms with van der Waals surface area (Å²) < 4.78 is 2.92. The lowest BCUT2D eigenvalue weighted by atomic mass is 10.0. The Balaban J connectivity index is 1.57. The molecule has 2 aromatic heterocycles. The number of fused-ring (bicyclic) bond motifs is 1. The van der Waals surface area contributed by atoms with Crippen LogP contribution in [-0.4, -0.2) is 27.2 Å². The van der Waals surface area contributed by atoms with Gasteiger partial charge < -0.3 is 0 Å². The number of rotatable bonds is 7. The van der Waals surface area contributed by atoms with Gasteiger partial charge in [0.05, 0.1) is 23.2 Å². The van der Waals surface area contributed by atoms with Crippen molar-refractivity contribution >= 4 is 32.6 Å². The first-order chi connectivity index (χ1) is 14.1. The van der Waals surface area contributed by atoms with E-state index >= 15 is 0 Å². The molecule has 0 bridgehead atoms. The number of para-hydroxylation sites is 1. The normalized spacial score (nSPS) is 11.3. The predicted octanol–water partition coefficient (Wildman–Crippen LogP) is 4.89. The minimum Gasteiger partial charge on any atom is -0.286 e. The number of hydrogen-bond acceptors (Lipinski definition) is 4. The second-order valence-corrected chi connectivity index (χ2v) is 8.36. The topological polar surface area (TPSA) is 51.0 Å². The molecule has 6 heteroatoms. The first-order valence-corrected chi connectivity index (χ1v) is 10.6. The number of carbonyl (C=O) groups excluding carboxylic acids is 1. The van der Waals surface area contributed by atoms with Crippen LogP contribution in [0.2, 0.25) is 0 Å². The van der Waals surface area contributed by atoms with Gasteiger partial charge in [0, 0.05) is 18.9 Å². The summed E-state index contributed by atoms with van der Waals surface area (Å²) in [5.41, 5.74) is 3.22. The van der Waals surface area contributed by atoms with Gasteiger partial charge in [-0.3, -0.25) is 14.4 Å². The molecule has 0 aliphatic heterocycles. The molecule has 5 nitrogen and oxygen atoms in total. The number of hydrogen-bond donors (Lipinski definition) is 0. The highest BCUT2D eigenvalue weighted by Gasteiger charge is 2.20. The minimum absolute atomic E-state index is 0.0495. The molecule has 148 valence electrons. The van der Waals surface area contributed by atoms with Gasteiger partial charge in [-0.1, -0.05) is 61.6 Å². The molecule has 0 fully saturated rings. The molecular formula is C23H24N4OS. The van der Waals surface area contributed by atoms with Crippen LogP contribution in [0.1, 0.15) is 30.9 Å². The van der Waals surface area contributed by atoms with Crippen molar-refractivity contribution in [2.24, 2.45) is 0 Å². The number of amides is 1. The zero-order valence-corrected chi connectivity index (χ0v) is 17.5. The highest BCUT2D eigenvalue weighted by molar-refractivity contribution is 7.22. The zero-order chi connectivity index (χ0) is 20.2. The van der Waals surface area contributed by atoms with Gasteiger partial charge in [-0.05, 0) is 35.2 Å². The summed E-state index contributed by atoms with van der Waals surface area (Å²) in [7, 11) is 0. The highest BCUT2D eigenvalue weighted by Crippen LogP contribution is 2.29. The molecule has 0 saturated carbocycles. The van der Waals surface area contributed by atoms with E-state index in [1.807, 2.05) is 41.2 Å². The van der Waals surface area contributed by atoms with E-state index in [0.717, 1.165) is 20.9 Å². The van der Waals surface area contributed by atoms with Crippen LogP contribution in [0.3, 0.4) is 0 Å². The molecule has 0 atom stereocenters. The number of benzene rings is 2. The van der Waals surface area contributed by atoms with E-state index in [1.165, 1.54) is 5.56 Å². The second kappa shape index (κ2) is 8.57. The fraction of sp³-hybridized carbons (Fsp3) is 0.261. The number of carbonyl (C=O) groups is 1. The average molecular weight is 405 g/mol. The molecule has 0 aliphatic carbocycles. The van der Waals surface area contributed by atoms with Crippen molar-refractivity contribution < 1.29 is 4.79 Å². The van der Waals surface area contributed by atoms with Crippen molar-refractivity contribution in [3.63, 3.8) is 0 Å². The van der Waals surface area contributed by atoms with Crippen LogP contribution in [0.25, 0.3) is 10.2 Å². The monoisotopic (exact) mass is 404 g/mol. The van der Waals surface area contributed by atoms with Gasteiger partial charge in [-0.2, -0.15) is 5.10 Å². The number of anilines is 1. The van der Waals surface area contributed by atoms with E-state index < -0.39 is 0 Å². The highest BCUT2D eigenvalue weighted by atomic mass is 32.1. The molecule has 0 N–H and O–H groups in total. The summed E-state index contributed by atoms with van der Waals surface area (Å²) in [6.45, 7) is 5.50. The van der Waals surface area contributed by atoms with Crippen molar-refractivity contribution in [3.8, 4) is 0 Å². The molecule has 0 radical (unpaired) electrons. The zero-order valence-electron chi connectivity index (χ0n) is 16.7. The van der Waals surface area contributed by atoms with Gasteiger partial charge in [-0.15, -0.1) is 0 Å². The van der Waals surface area contributed by atoms with Crippen LogP contribution in [0, 0.1) is 0 Å². The van der Waals surface area contributed by atoms with Gasteiger partial charge in [0.25, 0.3) is 0 Å². The summed E-state index contributed by atoms with van der Waals surface area (Å²) in [4.78, 5) is 19.7. The summed E-state index contributed by atoms with van der Waals surface area (Å²) in [6, 6.07) is 18.2. The molecule has 2 heterocycles. The fourth-order valence-corrected chi connectivity index (χ4v) is 4.24. The van der Waals surface area contributed by atoms with Crippen molar-refractivity contribution in [3.05, 3.63) is 78.1 Å². The predicted molar refractivity (Wildman–Crippen MR) is 118 cm³/mol. The Kier molecular flexibility index (Phi) is 5.71. The quantitative estimate of drug-likeness (QED) is 0.441. The SMILES string of the molecule is CC(C)c1ccc(CC(=O)N(CCn2cccn2)c2nc3ccccc3s2)cc1. The third kappa shape index (κ3) is 4.54. The van der Waals surface area contributed by atoms with Crippen LogP contribution in [-0.2, 0) is 17.8 Å². The summed E-state index contributed by atoms with van der Waals surface area (Å²) in [6.07, 6.45) is 4.01. The van der Waals surface area contributed by atoms with E-state index in [2.05, 4.69) is 43.2 Å². The lowest BCUT2D eigenvalue weighted by Crippen LogP contribution is -2.35. The van der Waals surface area contributed by atoms with Gasteiger partial charge in [-0.25, -0.2) is 4.98 Å². The lowest BCUT2D eigenvalue weighted by Gasteiger charge is -2.20. The minimum atomic E-state index is 0.0495. The Labute approximate surface area is 174 Å². The molecule has 4 aromatic rings. The molecule has 0 saturated heterocycles. The fourth-order valence-electron chi connectivity index (χ4n) is 3.23. The van der Waals surface area contributed by atoms with Gasteiger partial charge in [0.15, 0.2) is 5.13 Å². The van der Waals surface area contributed by atoms with Crippen molar-refractivity contribution in [1.82, 2.24) is 14.8 Å². The van der Waals surface area contributed by atoms with E-state index in [-0.39, 0.29) is 5.91 Å². The molecule has 1 amide bonds. The van der Waals surface area contributed by atoms with E-state index in [9.17, 15) is 4.79 Å². The van der Waals surface area contributed by atoms with Crippen LogP contribution in [0.4, 0.5) is 5.13 Å². The van der Waals surface area contributed by atoms with Gasteiger partial charge in [0.2, 0.25) is 5.91 Å². The maximum absolute atomic E-state index is 13.2. The Bertz CT molecular complexity index is 1050. The molecule has 2 aromatic carbocycles. The van der Waals surface area contributed by atoms with Gasteiger partial charge >= 0.3 is 0 Å². The van der Waals surface area contributed by atoms with Gasteiger partial charge in [0.1, 0.15) is 0 Å². The number of aromatic nitrogens is 3. The first-order valence-electron chi connectivity index (χ1n) is 9.82. The van der Waals surface area contributed by atoms with E-state index in [4.69, 9.17) is 4.98 Å². The maximum atomic E-state index is 13.2. The summed E-state index contributed by atoms with van der Waals surface area (Å²) >= 11 is 1.55. The van der Waals surface area contributed by atoms with Crippen molar-refractivity contribution in [2.45, 2.75) is 32.7 Å². The third-order valence-corrected chi connectivity index (χ3v) is 5.99. The van der Waals surface area contributed by atoms with Crippen molar-refractivity contribution in [2.75, 3.05) is 11.4 Å². The van der Waals surface area contributed by atoms with Crippen molar-refractivity contribution in [1.29, 1.82) is 0 Å². The number of thiazole rings is 1. The van der Waals surface area contributed by atoms with Crippen LogP contribution < -0.4 is 4.90 Å². The standard InChI is InChI=1S/C23H24N4OS/c1-17(2)19-10-8-18(9-11-19)16-22(28)27(15-14-26-13-5-12-24-26)23-25-20-6-3-4-7-21(20)29-23/h3-13,17H,14-16H2,1-2H3. The Hall–Kier alpha value is -2.99. The summed E-state index contributed by atoms with van der Waals surface area (Å²) in [5.74, 6) is 0.529. The molecule has 29 heavy (non-hydrogen) atoms. The Morgan fingerprint density at radius 1 is 1.10 bits per heavy atom. The third-order valence-electron chi connectivity index (χ3n) is 4.93. The molecule has 0 unspecified atom stereocenters. The molecule has 0 spiro atoms. The smallest absolute Gasteiger partial charge is 0.233 e. The Morgan fingerprint density at radius 3 is 2.59 bits per heavy atom. The second-order valence-electron chi connectivity index (χ2n) is 7.35. The largest absolute Gasteiger partial charge is 0.286 e. The maximum Gasteiger partial charge on any atom is 0.233 e. The molecule has 0 aliphatic rings. The van der Waals surface area contributed by atoms with Crippen LogP contribution in [0.15, 0.2) is 67.0 Å². The summed E-state index contributed by atoms with van der Waals surface area (Å²) in [5, 5.41) is 4.99.